The molecule has 1 aromatic heterocycles. The van der Waals surface area contributed by atoms with E-state index in [1.165, 1.54) is 0 Å². The lowest BCUT2D eigenvalue weighted by atomic mass is 10.2. The Hall–Kier alpha value is -1.62. The van der Waals surface area contributed by atoms with Gasteiger partial charge in [0.2, 0.25) is 0 Å². The molecule has 0 saturated carbocycles. The average Bonchev–Trinajstić information content (AvgIpc) is 2.87. The summed E-state index contributed by atoms with van der Waals surface area (Å²) in [6.07, 6.45) is 0. The Morgan fingerprint density at radius 3 is 2.55 bits per heavy atom. The Labute approximate surface area is 141 Å². The second kappa shape index (κ2) is 5.88. The first-order valence-corrected chi connectivity index (χ1v) is 7.63. The fourth-order valence-electron chi connectivity index (χ4n) is 2.12. The van der Waals surface area contributed by atoms with Crippen LogP contribution in [0.4, 0.5) is 0 Å². The van der Waals surface area contributed by atoms with Gasteiger partial charge in [0.15, 0.2) is 11.5 Å². The van der Waals surface area contributed by atoms with Crippen LogP contribution in [0.25, 0.3) is 22.4 Å². The molecule has 4 nitrogen and oxygen atoms in total. The molecule has 0 atom stereocenters. The van der Waals surface area contributed by atoms with E-state index in [0.717, 1.165) is 5.52 Å². The monoisotopic (exact) mass is 356 g/mol. The standard InChI is InChI=1S/C15H11Cl3N2O2/c1-2-22-13-4-7(3-10(18)14(13)21)15-19-11-5-8(16)9(17)6-12(11)20-15/h3-6,21H,2H2,1H3,(H,19,20). The number of nitrogens with zero attached hydrogens (tertiary/aromatic N) is 1. The first-order chi connectivity index (χ1) is 10.5. The van der Waals surface area contributed by atoms with Gasteiger partial charge in [0, 0.05) is 5.56 Å². The van der Waals surface area contributed by atoms with Crippen molar-refractivity contribution in [3.63, 3.8) is 0 Å². The summed E-state index contributed by atoms with van der Waals surface area (Å²) in [6, 6.07) is 6.68. The van der Waals surface area contributed by atoms with E-state index in [0.29, 0.717) is 39.3 Å². The number of hydrogen-bond acceptors (Lipinski definition) is 3. The van der Waals surface area contributed by atoms with E-state index >= 15 is 0 Å². The summed E-state index contributed by atoms with van der Waals surface area (Å²) in [5, 5.41) is 11.0. The third-order valence-corrected chi connectivity index (χ3v) is 4.14. The maximum Gasteiger partial charge on any atom is 0.176 e. The molecule has 0 unspecified atom stereocenters. The number of halogens is 3. The molecule has 0 aliphatic carbocycles. The van der Waals surface area contributed by atoms with Crippen molar-refractivity contribution < 1.29 is 9.84 Å². The van der Waals surface area contributed by atoms with Crippen molar-refractivity contribution in [2.24, 2.45) is 0 Å². The van der Waals surface area contributed by atoms with Crippen molar-refractivity contribution in [1.29, 1.82) is 0 Å². The van der Waals surface area contributed by atoms with Crippen LogP contribution in [-0.4, -0.2) is 21.7 Å². The van der Waals surface area contributed by atoms with E-state index in [2.05, 4.69) is 9.97 Å². The van der Waals surface area contributed by atoms with Crippen LogP contribution >= 0.6 is 34.8 Å². The molecule has 7 heteroatoms. The van der Waals surface area contributed by atoms with Gasteiger partial charge >= 0.3 is 0 Å². The number of aromatic amines is 1. The highest BCUT2D eigenvalue weighted by Crippen LogP contribution is 2.38. The summed E-state index contributed by atoms with van der Waals surface area (Å²) in [6.45, 7) is 2.24. The topological polar surface area (TPSA) is 58.1 Å². The molecule has 0 radical (unpaired) electrons. The zero-order valence-corrected chi connectivity index (χ0v) is 13.7. The van der Waals surface area contributed by atoms with Gasteiger partial charge in [-0.1, -0.05) is 34.8 Å². The first-order valence-electron chi connectivity index (χ1n) is 6.50. The number of phenolic OH excluding ortho intramolecular Hbond substituents is 1. The highest BCUT2D eigenvalue weighted by atomic mass is 35.5. The number of ether oxygens (including phenoxy) is 1. The van der Waals surface area contributed by atoms with Crippen LogP contribution in [-0.2, 0) is 0 Å². The predicted octanol–water partition coefficient (Wildman–Crippen LogP) is 5.29. The number of benzene rings is 2. The van der Waals surface area contributed by atoms with Crippen molar-refractivity contribution in [1.82, 2.24) is 9.97 Å². The van der Waals surface area contributed by atoms with Crippen molar-refractivity contribution in [3.05, 3.63) is 39.3 Å². The molecule has 2 aromatic carbocycles. The normalized spacial score (nSPS) is 11.1. The summed E-state index contributed by atoms with van der Waals surface area (Å²) < 4.78 is 5.37. The lowest BCUT2D eigenvalue weighted by molar-refractivity contribution is 0.318. The zero-order valence-electron chi connectivity index (χ0n) is 11.5. The second-order valence-electron chi connectivity index (χ2n) is 4.61. The third kappa shape index (κ3) is 2.70. The third-order valence-electron chi connectivity index (χ3n) is 3.13. The van der Waals surface area contributed by atoms with Crippen molar-refractivity contribution >= 4 is 45.8 Å². The highest BCUT2D eigenvalue weighted by Gasteiger charge is 2.14. The average molecular weight is 358 g/mol. The van der Waals surface area contributed by atoms with Crippen LogP contribution in [0, 0.1) is 0 Å². The number of nitrogens with one attached hydrogen (secondary N) is 1. The van der Waals surface area contributed by atoms with E-state index in [4.69, 9.17) is 39.5 Å². The fourth-order valence-corrected chi connectivity index (χ4v) is 2.65. The minimum atomic E-state index is -0.0885. The first kappa shape index (κ1) is 15.3. The quantitative estimate of drug-likeness (QED) is 0.669. The molecule has 0 spiro atoms. The number of H-pyrrole nitrogens is 1. The number of aromatic hydroxyl groups is 1. The van der Waals surface area contributed by atoms with Crippen LogP contribution in [0.5, 0.6) is 11.5 Å². The molecule has 3 rings (SSSR count). The number of aromatic nitrogens is 2. The maximum absolute atomic E-state index is 9.89. The molecule has 1 heterocycles. The Balaban J connectivity index is 2.14. The van der Waals surface area contributed by atoms with Crippen LogP contribution in [0.1, 0.15) is 6.92 Å². The zero-order chi connectivity index (χ0) is 15.9. The summed E-state index contributed by atoms with van der Waals surface area (Å²) in [5.74, 6) is 0.798. The number of imidazole rings is 1. The second-order valence-corrected chi connectivity index (χ2v) is 5.83. The molecule has 114 valence electrons. The largest absolute Gasteiger partial charge is 0.503 e. The van der Waals surface area contributed by atoms with Gasteiger partial charge in [0.05, 0.1) is 32.7 Å². The molecule has 0 fully saturated rings. The fraction of sp³-hybridized carbons (Fsp3) is 0.133. The van der Waals surface area contributed by atoms with Crippen LogP contribution in [0.3, 0.4) is 0 Å². The molecule has 0 amide bonds. The summed E-state index contributed by atoms with van der Waals surface area (Å²) >= 11 is 18.0. The smallest absolute Gasteiger partial charge is 0.176 e. The maximum atomic E-state index is 9.89. The number of hydrogen-bond donors (Lipinski definition) is 2. The lowest BCUT2D eigenvalue weighted by Gasteiger charge is -2.08. The van der Waals surface area contributed by atoms with Gasteiger partial charge in [0.25, 0.3) is 0 Å². The van der Waals surface area contributed by atoms with Gasteiger partial charge in [-0.15, -0.1) is 0 Å². The van der Waals surface area contributed by atoms with Gasteiger partial charge in [0.1, 0.15) is 5.82 Å². The van der Waals surface area contributed by atoms with Crippen LogP contribution < -0.4 is 4.74 Å². The SMILES string of the molecule is CCOc1cc(-c2nc3cc(Cl)c(Cl)cc3[nH]2)cc(Cl)c1O. The van der Waals surface area contributed by atoms with Gasteiger partial charge < -0.3 is 14.8 Å². The van der Waals surface area contributed by atoms with Crippen LogP contribution in [0.15, 0.2) is 24.3 Å². The summed E-state index contributed by atoms with van der Waals surface area (Å²) in [4.78, 5) is 7.61. The molecule has 22 heavy (non-hydrogen) atoms. The van der Waals surface area contributed by atoms with Crippen molar-refractivity contribution in [2.75, 3.05) is 6.61 Å². The molecule has 0 bridgehead atoms. The molecule has 3 aromatic rings. The van der Waals surface area contributed by atoms with E-state index in [1.54, 1.807) is 24.3 Å². The van der Waals surface area contributed by atoms with Gasteiger partial charge in [-0.2, -0.15) is 0 Å². The minimum Gasteiger partial charge on any atom is -0.503 e. The van der Waals surface area contributed by atoms with E-state index in [1.807, 2.05) is 6.92 Å². The number of fused-ring (bicyclic) bond motifs is 1. The number of rotatable bonds is 3. The molecule has 0 aliphatic heterocycles. The molecule has 0 saturated heterocycles. The van der Waals surface area contributed by atoms with Crippen molar-refractivity contribution in [3.8, 4) is 22.9 Å². The Kier molecular flexibility index (Phi) is 4.08. The van der Waals surface area contributed by atoms with Gasteiger partial charge in [-0.3, -0.25) is 0 Å². The van der Waals surface area contributed by atoms with Crippen LogP contribution in [0.2, 0.25) is 15.1 Å². The molecular weight excluding hydrogens is 347 g/mol. The van der Waals surface area contributed by atoms with E-state index < -0.39 is 0 Å². The Morgan fingerprint density at radius 2 is 1.82 bits per heavy atom. The Morgan fingerprint density at radius 1 is 1.09 bits per heavy atom. The van der Waals surface area contributed by atoms with Gasteiger partial charge in [-0.25, -0.2) is 4.98 Å². The summed E-state index contributed by atoms with van der Waals surface area (Å²) in [7, 11) is 0. The molecular formula is C15H11Cl3N2O2. The van der Waals surface area contributed by atoms with Crippen molar-refractivity contribution in [2.45, 2.75) is 6.92 Å². The molecule has 0 aliphatic rings. The van der Waals surface area contributed by atoms with E-state index in [-0.39, 0.29) is 10.8 Å². The minimum absolute atomic E-state index is 0.0885. The summed E-state index contributed by atoms with van der Waals surface area (Å²) in [5.41, 5.74) is 2.13. The molecule has 2 N–H and O–H groups in total. The number of phenols is 1. The lowest BCUT2D eigenvalue weighted by Crippen LogP contribution is -1.93. The Bertz CT molecular complexity index is 823. The highest BCUT2D eigenvalue weighted by molar-refractivity contribution is 6.42. The van der Waals surface area contributed by atoms with Gasteiger partial charge in [-0.05, 0) is 31.2 Å². The predicted molar refractivity (Wildman–Crippen MR) is 89.4 cm³/mol. The van der Waals surface area contributed by atoms with E-state index in [9.17, 15) is 5.11 Å².